The smallest absolute Gasteiger partial charge is 0.374 e. The van der Waals surface area contributed by atoms with Gasteiger partial charge in [-0.25, -0.2) is 4.79 Å². The fourth-order valence-corrected chi connectivity index (χ4v) is 1.71. The van der Waals surface area contributed by atoms with Crippen LogP contribution < -0.4 is 0 Å². The van der Waals surface area contributed by atoms with Crippen LogP contribution in [0.2, 0.25) is 5.02 Å². The van der Waals surface area contributed by atoms with Gasteiger partial charge in [0.2, 0.25) is 5.78 Å². The second-order valence-corrected chi connectivity index (χ2v) is 4.84. The maximum absolute atomic E-state index is 11.5. The van der Waals surface area contributed by atoms with Crippen molar-refractivity contribution in [2.75, 3.05) is 0 Å². The Balaban J connectivity index is 2.73. The summed E-state index contributed by atoms with van der Waals surface area (Å²) in [6.45, 7) is 3.27. The van der Waals surface area contributed by atoms with Crippen molar-refractivity contribution >= 4 is 29.0 Å². The number of rotatable bonds is 6. The van der Waals surface area contributed by atoms with E-state index in [1.54, 1.807) is 13.8 Å². The third kappa shape index (κ3) is 4.62. The number of halogens is 1. The zero-order valence-electron chi connectivity index (χ0n) is 11.1. The van der Waals surface area contributed by atoms with Crippen LogP contribution in [0.15, 0.2) is 18.2 Å². The van der Waals surface area contributed by atoms with Crippen LogP contribution in [0.3, 0.4) is 0 Å². The van der Waals surface area contributed by atoms with Crippen molar-refractivity contribution in [3.8, 4) is 0 Å². The molecule has 0 N–H and O–H groups in total. The van der Waals surface area contributed by atoms with Crippen molar-refractivity contribution in [1.29, 1.82) is 0 Å². The molecule has 0 aliphatic heterocycles. The van der Waals surface area contributed by atoms with E-state index in [4.69, 9.17) is 16.3 Å². The van der Waals surface area contributed by atoms with Gasteiger partial charge in [-0.2, -0.15) is 0 Å². The first-order valence-corrected chi connectivity index (χ1v) is 6.35. The number of ketones is 1. The van der Waals surface area contributed by atoms with Gasteiger partial charge in [-0.3, -0.25) is 14.9 Å². The Morgan fingerprint density at radius 3 is 2.60 bits per heavy atom. The van der Waals surface area contributed by atoms with Crippen molar-refractivity contribution < 1.29 is 19.2 Å². The maximum Gasteiger partial charge on any atom is 0.374 e. The molecule has 1 aromatic rings. The summed E-state index contributed by atoms with van der Waals surface area (Å²) in [6, 6.07) is 4.19. The molecule has 7 heteroatoms. The molecule has 0 atom stereocenters. The lowest BCUT2D eigenvalue weighted by Crippen LogP contribution is -2.21. The van der Waals surface area contributed by atoms with E-state index in [2.05, 4.69) is 0 Å². The normalized spacial score (nSPS) is 10.4. The average molecular weight is 300 g/mol. The summed E-state index contributed by atoms with van der Waals surface area (Å²) in [4.78, 5) is 33.1. The van der Waals surface area contributed by atoms with E-state index in [0.717, 1.165) is 0 Å². The second-order valence-electron chi connectivity index (χ2n) is 4.41. The molecule has 0 aromatic heterocycles. The van der Waals surface area contributed by atoms with E-state index in [0.29, 0.717) is 5.56 Å². The third-order valence-electron chi connectivity index (χ3n) is 2.44. The van der Waals surface area contributed by atoms with Gasteiger partial charge in [0.1, 0.15) is 0 Å². The maximum atomic E-state index is 11.5. The average Bonchev–Trinajstić information content (AvgIpc) is 2.35. The fourth-order valence-electron chi connectivity index (χ4n) is 1.55. The van der Waals surface area contributed by atoms with Crippen LogP contribution in [0, 0.1) is 10.1 Å². The molecule has 0 heterocycles. The van der Waals surface area contributed by atoms with Gasteiger partial charge in [-0.05, 0) is 26.3 Å². The van der Waals surface area contributed by atoms with Crippen molar-refractivity contribution in [1.82, 2.24) is 0 Å². The first kappa shape index (κ1) is 16.1. The van der Waals surface area contributed by atoms with Crippen LogP contribution in [0.1, 0.15) is 25.8 Å². The molecule has 0 radical (unpaired) electrons. The van der Waals surface area contributed by atoms with E-state index >= 15 is 0 Å². The largest absolute Gasteiger partial charge is 0.457 e. The Morgan fingerprint density at radius 2 is 2.05 bits per heavy atom. The topological polar surface area (TPSA) is 86.5 Å². The lowest BCUT2D eigenvalue weighted by Gasteiger charge is -2.07. The highest BCUT2D eigenvalue weighted by Crippen LogP contribution is 2.24. The SMILES string of the molecule is CC(C)OC(=O)C(=O)CCc1ccc(Cl)cc1[N+](=O)[O-]. The zero-order chi connectivity index (χ0) is 15.3. The zero-order valence-corrected chi connectivity index (χ0v) is 11.8. The molecule has 0 unspecified atom stereocenters. The van der Waals surface area contributed by atoms with Gasteiger partial charge in [0.25, 0.3) is 5.69 Å². The summed E-state index contributed by atoms with van der Waals surface area (Å²) < 4.78 is 4.75. The van der Waals surface area contributed by atoms with Gasteiger partial charge in [0.15, 0.2) is 0 Å². The Morgan fingerprint density at radius 1 is 1.40 bits per heavy atom. The highest BCUT2D eigenvalue weighted by atomic mass is 35.5. The number of nitro benzene ring substituents is 1. The van der Waals surface area contributed by atoms with E-state index in [9.17, 15) is 19.7 Å². The molecule has 1 aromatic carbocycles. The summed E-state index contributed by atoms with van der Waals surface area (Å²) in [6.07, 6.45) is -0.440. The lowest BCUT2D eigenvalue weighted by molar-refractivity contribution is -0.385. The van der Waals surface area contributed by atoms with Crippen molar-refractivity contribution in [3.63, 3.8) is 0 Å². The molecule has 0 saturated heterocycles. The number of carbonyl (C=O) groups excluding carboxylic acids is 2. The number of aryl methyl sites for hydroxylation is 1. The first-order chi connectivity index (χ1) is 9.31. The molecule has 0 saturated carbocycles. The van der Waals surface area contributed by atoms with Gasteiger partial charge < -0.3 is 4.74 Å². The number of nitro groups is 1. The van der Waals surface area contributed by atoms with Gasteiger partial charge in [-0.1, -0.05) is 17.7 Å². The van der Waals surface area contributed by atoms with Crippen LogP contribution in [-0.2, 0) is 20.7 Å². The Bertz CT molecular complexity index is 542. The molecule has 6 nitrogen and oxygen atoms in total. The molecule has 108 valence electrons. The number of benzene rings is 1. The fraction of sp³-hybridized carbons (Fsp3) is 0.385. The monoisotopic (exact) mass is 299 g/mol. The predicted molar refractivity (Wildman–Crippen MR) is 72.7 cm³/mol. The second kappa shape index (κ2) is 7.00. The van der Waals surface area contributed by atoms with Crippen molar-refractivity contribution in [2.45, 2.75) is 32.8 Å². The minimum atomic E-state index is -0.920. The van der Waals surface area contributed by atoms with Gasteiger partial charge in [-0.15, -0.1) is 0 Å². The van der Waals surface area contributed by atoms with Crippen molar-refractivity contribution in [2.24, 2.45) is 0 Å². The van der Waals surface area contributed by atoms with E-state index in [1.165, 1.54) is 18.2 Å². The minimum absolute atomic E-state index is 0.0828. The van der Waals surface area contributed by atoms with Gasteiger partial charge in [0.05, 0.1) is 11.0 Å². The number of Topliss-reactive ketones (excluding diaryl/α,β-unsaturated/α-hetero) is 1. The molecular weight excluding hydrogens is 286 g/mol. The molecule has 20 heavy (non-hydrogen) atoms. The summed E-state index contributed by atoms with van der Waals surface area (Å²) in [5.41, 5.74) is 0.188. The number of hydrogen-bond acceptors (Lipinski definition) is 5. The molecule has 0 spiro atoms. The molecule has 0 fully saturated rings. The third-order valence-corrected chi connectivity index (χ3v) is 2.67. The highest BCUT2D eigenvalue weighted by Gasteiger charge is 2.20. The number of nitrogens with zero attached hydrogens (tertiary/aromatic N) is 1. The molecule has 1 rings (SSSR count). The lowest BCUT2D eigenvalue weighted by atomic mass is 10.1. The van der Waals surface area contributed by atoms with Crippen LogP contribution in [0.25, 0.3) is 0 Å². The highest BCUT2D eigenvalue weighted by molar-refractivity contribution is 6.33. The van der Waals surface area contributed by atoms with E-state index < -0.39 is 16.7 Å². The van der Waals surface area contributed by atoms with Crippen molar-refractivity contribution in [3.05, 3.63) is 38.9 Å². The first-order valence-electron chi connectivity index (χ1n) is 5.98. The summed E-state index contributed by atoms with van der Waals surface area (Å²) in [5.74, 6) is -1.63. The Labute approximate surface area is 120 Å². The molecule has 0 amide bonds. The number of carbonyl (C=O) groups is 2. The Hall–Kier alpha value is -1.95. The number of hydrogen-bond donors (Lipinski definition) is 0. The van der Waals surface area contributed by atoms with Crippen LogP contribution >= 0.6 is 11.6 Å². The number of ether oxygens (including phenoxy) is 1. The Kier molecular flexibility index (Phi) is 5.64. The van der Waals surface area contributed by atoms with Gasteiger partial charge in [0, 0.05) is 23.1 Å². The summed E-state index contributed by atoms with van der Waals surface area (Å²) in [5, 5.41) is 11.1. The van der Waals surface area contributed by atoms with Gasteiger partial charge >= 0.3 is 5.97 Å². The van der Waals surface area contributed by atoms with Crippen LogP contribution in [0.4, 0.5) is 5.69 Å². The minimum Gasteiger partial charge on any atom is -0.457 e. The predicted octanol–water partition coefficient (Wildman–Crippen LogP) is 2.70. The molecule has 0 aliphatic carbocycles. The summed E-state index contributed by atoms with van der Waals surface area (Å²) >= 11 is 5.69. The molecule has 0 bridgehead atoms. The quantitative estimate of drug-likeness (QED) is 0.349. The van der Waals surface area contributed by atoms with Crippen LogP contribution in [0.5, 0.6) is 0 Å². The number of esters is 1. The molecular formula is C13H14ClNO5. The molecule has 0 aliphatic rings. The van der Waals surface area contributed by atoms with E-state index in [1.807, 2.05) is 0 Å². The van der Waals surface area contributed by atoms with E-state index in [-0.39, 0.29) is 29.7 Å². The summed E-state index contributed by atoms with van der Waals surface area (Å²) in [7, 11) is 0. The standard InChI is InChI=1S/C13H14ClNO5/c1-8(2)20-13(17)12(16)6-4-9-3-5-10(14)7-11(9)15(18)19/h3,5,7-8H,4,6H2,1-2H3. The van der Waals surface area contributed by atoms with Crippen LogP contribution in [-0.4, -0.2) is 22.8 Å².